The first-order valence-electron chi connectivity index (χ1n) is 7.54. The molecule has 0 fully saturated rings. The second-order valence-electron chi connectivity index (χ2n) is 5.54. The molecule has 0 saturated heterocycles. The minimum atomic E-state index is -0.937. The zero-order chi connectivity index (χ0) is 16.7. The summed E-state index contributed by atoms with van der Waals surface area (Å²) in [7, 11) is 0. The van der Waals surface area contributed by atoms with Crippen LogP contribution in [0.15, 0.2) is 62.9 Å². The van der Waals surface area contributed by atoms with Crippen molar-refractivity contribution in [2.24, 2.45) is 0 Å². The number of fused-ring (bicyclic) bond motifs is 3. The van der Waals surface area contributed by atoms with Gasteiger partial charge in [0.05, 0.1) is 6.54 Å². The van der Waals surface area contributed by atoms with Crippen LogP contribution in [0.3, 0.4) is 0 Å². The molecule has 7 heteroatoms. The number of aryl methyl sites for hydroxylation is 2. The van der Waals surface area contributed by atoms with Crippen molar-refractivity contribution in [3.8, 4) is 0 Å². The SMILES string of the molecule is O=c1[nH]c(=O)n(CCn2c3ccccc3c3ccccc32)[nH]c1=O. The van der Waals surface area contributed by atoms with Crippen LogP contribution in [0.25, 0.3) is 21.8 Å². The number of benzene rings is 2. The molecule has 120 valence electrons. The Balaban J connectivity index is 1.82. The number of nitrogens with zero attached hydrogens (tertiary/aromatic N) is 2. The van der Waals surface area contributed by atoms with E-state index in [-0.39, 0.29) is 6.54 Å². The molecule has 2 aromatic heterocycles. The lowest BCUT2D eigenvalue weighted by molar-refractivity contribution is 0.501. The Morgan fingerprint density at radius 3 is 1.96 bits per heavy atom. The fourth-order valence-electron chi connectivity index (χ4n) is 3.05. The molecule has 0 saturated carbocycles. The molecule has 24 heavy (non-hydrogen) atoms. The Hall–Kier alpha value is -3.35. The Morgan fingerprint density at radius 1 is 0.750 bits per heavy atom. The van der Waals surface area contributed by atoms with Crippen LogP contribution >= 0.6 is 0 Å². The van der Waals surface area contributed by atoms with Crippen LogP contribution in [0, 0.1) is 0 Å². The minimum Gasteiger partial charge on any atom is -0.339 e. The van der Waals surface area contributed by atoms with Crippen molar-refractivity contribution in [1.82, 2.24) is 19.3 Å². The van der Waals surface area contributed by atoms with E-state index < -0.39 is 16.8 Å². The van der Waals surface area contributed by atoms with Crippen LogP contribution in [0.5, 0.6) is 0 Å². The van der Waals surface area contributed by atoms with Crippen LogP contribution in [-0.4, -0.2) is 19.3 Å². The van der Waals surface area contributed by atoms with Crippen molar-refractivity contribution in [3.63, 3.8) is 0 Å². The highest BCUT2D eigenvalue weighted by Gasteiger charge is 2.10. The molecular weight excluding hydrogens is 308 g/mol. The van der Waals surface area contributed by atoms with Gasteiger partial charge in [-0.1, -0.05) is 36.4 Å². The second-order valence-corrected chi connectivity index (χ2v) is 5.54. The zero-order valence-corrected chi connectivity index (χ0v) is 12.7. The summed E-state index contributed by atoms with van der Waals surface area (Å²) in [4.78, 5) is 36.4. The third-order valence-electron chi connectivity index (χ3n) is 4.14. The van der Waals surface area contributed by atoms with Crippen molar-refractivity contribution < 1.29 is 0 Å². The first-order valence-corrected chi connectivity index (χ1v) is 7.54. The molecule has 2 aromatic carbocycles. The maximum absolute atomic E-state index is 11.8. The highest BCUT2D eigenvalue weighted by Crippen LogP contribution is 2.28. The van der Waals surface area contributed by atoms with E-state index in [1.54, 1.807) is 0 Å². The van der Waals surface area contributed by atoms with E-state index in [0.717, 1.165) is 26.5 Å². The van der Waals surface area contributed by atoms with Gasteiger partial charge in [0.2, 0.25) is 0 Å². The third kappa shape index (κ3) is 2.18. The van der Waals surface area contributed by atoms with Crippen LogP contribution in [0.4, 0.5) is 0 Å². The van der Waals surface area contributed by atoms with E-state index in [9.17, 15) is 14.4 Å². The lowest BCUT2D eigenvalue weighted by Gasteiger charge is -2.08. The normalized spacial score (nSPS) is 11.3. The van der Waals surface area contributed by atoms with Crippen LogP contribution in [0.1, 0.15) is 0 Å². The van der Waals surface area contributed by atoms with Gasteiger partial charge in [-0.15, -0.1) is 0 Å². The van der Waals surface area contributed by atoms with Crippen molar-refractivity contribution in [2.45, 2.75) is 13.1 Å². The number of hydrogen-bond donors (Lipinski definition) is 2. The van der Waals surface area contributed by atoms with Crippen molar-refractivity contribution in [1.29, 1.82) is 0 Å². The maximum Gasteiger partial charge on any atom is 0.343 e. The molecule has 4 rings (SSSR count). The number of para-hydroxylation sites is 2. The third-order valence-corrected chi connectivity index (χ3v) is 4.14. The lowest BCUT2D eigenvalue weighted by Crippen LogP contribution is -2.43. The quantitative estimate of drug-likeness (QED) is 0.552. The Labute approximate surface area is 134 Å². The van der Waals surface area contributed by atoms with Gasteiger partial charge in [0.1, 0.15) is 0 Å². The molecule has 0 amide bonds. The average Bonchev–Trinajstić information content (AvgIpc) is 2.91. The van der Waals surface area contributed by atoms with Crippen molar-refractivity contribution in [2.75, 3.05) is 0 Å². The van der Waals surface area contributed by atoms with Crippen molar-refractivity contribution >= 4 is 21.8 Å². The summed E-state index contributed by atoms with van der Waals surface area (Å²) in [5.41, 5.74) is -0.289. The lowest BCUT2D eigenvalue weighted by atomic mass is 10.2. The molecule has 0 unspecified atom stereocenters. The smallest absolute Gasteiger partial charge is 0.339 e. The van der Waals surface area contributed by atoms with Gasteiger partial charge in [-0.3, -0.25) is 19.7 Å². The molecule has 0 bridgehead atoms. The summed E-state index contributed by atoms with van der Waals surface area (Å²) >= 11 is 0. The predicted octanol–water partition coefficient (Wildman–Crippen LogP) is 1.03. The first-order chi connectivity index (χ1) is 11.6. The summed E-state index contributed by atoms with van der Waals surface area (Å²) in [6, 6.07) is 16.1. The Kier molecular flexibility index (Phi) is 3.19. The van der Waals surface area contributed by atoms with Gasteiger partial charge >= 0.3 is 16.8 Å². The zero-order valence-electron chi connectivity index (χ0n) is 12.7. The molecular formula is C17H14N4O3. The Morgan fingerprint density at radius 2 is 1.33 bits per heavy atom. The van der Waals surface area contributed by atoms with Gasteiger partial charge in [0.25, 0.3) is 0 Å². The van der Waals surface area contributed by atoms with Gasteiger partial charge in [0, 0.05) is 28.4 Å². The molecule has 7 nitrogen and oxygen atoms in total. The summed E-state index contributed by atoms with van der Waals surface area (Å²) in [6.45, 7) is 0.726. The van der Waals surface area contributed by atoms with Gasteiger partial charge in [-0.2, -0.15) is 0 Å². The number of nitrogens with one attached hydrogen (secondary N) is 2. The minimum absolute atomic E-state index is 0.244. The predicted molar refractivity (Wildman–Crippen MR) is 91.4 cm³/mol. The number of aromatic amines is 2. The number of H-pyrrole nitrogens is 2. The summed E-state index contributed by atoms with van der Waals surface area (Å²) in [5.74, 6) is 0. The fourth-order valence-corrected chi connectivity index (χ4v) is 3.05. The topological polar surface area (TPSA) is 92.7 Å². The second kappa shape index (κ2) is 5.38. The van der Waals surface area contributed by atoms with Gasteiger partial charge < -0.3 is 4.57 Å². The van der Waals surface area contributed by atoms with E-state index in [2.05, 4.69) is 21.8 Å². The molecule has 4 aromatic rings. The van der Waals surface area contributed by atoms with E-state index in [4.69, 9.17) is 0 Å². The molecule has 0 aliphatic rings. The Bertz CT molecular complexity index is 1170. The van der Waals surface area contributed by atoms with E-state index in [0.29, 0.717) is 6.54 Å². The van der Waals surface area contributed by atoms with Crippen molar-refractivity contribution in [3.05, 3.63) is 79.7 Å². The standard InChI is InChI=1S/C17H14N4O3/c22-15-16(23)19-21(17(24)18-15)10-9-20-13-7-3-1-5-11(13)12-6-2-4-8-14(12)20/h1-8H,9-10H2,(H,19,23)(H,18,22,24). The average molecular weight is 322 g/mol. The molecule has 0 aliphatic heterocycles. The molecule has 2 N–H and O–H groups in total. The molecule has 0 atom stereocenters. The highest BCUT2D eigenvalue weighted by atomic mass is 16.2. The molecule has 2 heterocycles. The van der Waals surface area contributed by atoms with E-state index in [1.165, 1.54) is 0 Å². The largest absolute Gasteiger partial charge is 0.343 e. The molecule has 0 spiro atoms. The number of aromatic nitrogens is 4. The number of hydrogen-bond acceptors (Lipinski definition) is 3. The van der Waals surface area contributed by atoms with E-state index >= 15 is 0 Å². The van der Waals surface area contributed by atoms with Gasteiger partial charge in [-0.05, 0) is 12.1 Å². The number of rotatable bonds is 3. The molecule has 0 aliphatic carbocycles. The van der Waals surface area contributed by atoms with Crippen LogP contribution < -0.4 is 16.8 Å². The summed E-state index contributed by atoms with van der Waals surface area (Å²) in [5, 5.41) is 4.56. The monoisotopic (exact) mass is 322 g/mol. The van der Waals surface area contributed by atoms with Crippen LogP contribution in [-0.2, 0) is 13.1 Å². The van der Waals surface area contributed by atoms with Crippen LogP contribution in [0.2, 0.25) is 0 Å². The summed E-state index contributed by atoms with van der Waals surface area (Å²) in [6.07, 6.45) is 0. The van der Waals surface area contributed by atoms with Gasteiger partial charge in [0.15, 0.2) is 0 Å². The summed E-state index contributed by atoms with van der Waals surface area (Å²) < 4.78 is 3.22. The van der Waals surface area contributed by atoms with E-state index in [1.807, 2.05) is 41.4 Å². The maximum atomic E-state index is 11.8. The fraction of sp³-hybridized carbons (Fsp3) is 0.118. The first kappa shape index (κ1) is 14.3. The van der Waals surface area contributed by atoms with Gasteiger partial charge in [-0.25, -0.2) is 9.48 Å². The molecule has 0 radical (unpaired) electrons. The highest BCUT2D eigenvalue weighted by molar-refractivity contribution is 6.07.